The topological polar surface area (TPSA) is 68.8 Å². The molecular weight excluding hydrogens is 270 g/mol. The minimum absolute atomic E-state index is 0.196. The largest absolute Gasteiger partial charge is 0.271 e. The van der Waals surface area contributed by atoms with Gasteiger partial charge in [0.15, 0.2) is 0 Å². The molecule has 5 nitrogen and oxygen atoms in total. The molecule has 0 amide bonds. The summed E-state index contributed by atoms with van der Waals surface area (Å²) >= 11 is 1.90. The van der Waals surface area contributed by atoms with Gasteiger partial charge in [-0.3, -0.25) is 16.0 Å². The summed E-state index contributed by atoms with van der Waals surface area (Å²) in [4.78, 5) is 5.71. The van der Waals surface area contributed by atoms with E-state index in [1.165, 1.54) is 10.5 Å². The second kappa shape index (κ2) is 5.95. The first kappa shape index (κ1) is 13.6. The molecule has 6 heteroatoms. The molecule has 0 saturated heterocycles. The van der Waals surface area contributed by atoms with Gasteiger partial charge in [0.2, 0.25) is 0 Å². The number of hydrogen-bond donors (Lipinski definition) is 2. The van der Waals surface area contributed by atoms with E-state index in [0.717, 1.165) is 25.2 Å². The summed E-state index contributed by atoms with van der Waals surface area (Å²) in [6, 6.07) is 8.77. The molecule has 1 aromatic carbocycles. The van der Waals surface area contributed by atoms with E-state index >= 15 is 0 Å². The molecular formula is C14H19N5S. The molecule has 0 spiro atoms. The molecule has 3 N–H and O–H groups in total. The Kier molecular flexibility index (Phi) is 4.05. The van der Waals surface area contributed by atoms with Gasteiger partial charge in [0.1, 0.15) is 12.2 Å². The third-order valence-corrected chi connectivity index (χ3v) is 5.18. The number of nitrogens with one attached hydrogen (secondary N) is 1. The average Bonchev–Trinajstić information content (AvgIpc) is 3.10. The van der Waals surface area contributed by atoms with Gasteiger partial charge in [-0.1, -0.05) is 18.2 Å². The number of nitrogens with two attached hydrogens (primary N) is 1. The van der Waals surface area contributed by atoms with Crippen molar-refractivity contribution in [2.45, 2.75) is 42.5 Å². The summed E-state index contributed by atoms with van der Waals surface area (Å²) in [5, 5.41) is 4.66. The first-order valence-corrected chi connectivity index (χ1v) is 7.77. The van der Waals surface area contributed by atoms with E-state index in [1.807, 2.05) is 16.4 Å². The van der Waals surface area contributed by atoms with E-state index in [2.05, 4.69) is 46.7 Å². The molecule has 20 heavy (non-hydrogen) atoms. The van der Waals surface area contributed by atoms with Gasteiger partial charge in [-0.15, -0.1) is 11.8 Å². The van der Waals surface area contributed by atoms with E-state index in [0.29, 0.717) is 5.25 Å². The van der Waals surface area contributed by atoms with Crippen LogP contribution in [-0.2, 0) is 19.4 Å². The Hall–Kier alpha value is -1.37. The molecule has 0 fully saturated rings. The van der Waals surface area contributed by atoms with Crippen molar-refractivity contribution in [1.29, 1.82) is 0 Å². The van der Waals surface area contributed by atoms with Crippen LogP contribution in [0.1, 0.15) is 18.3 Å². The van der Waals surface area contributed by atoms with Crippen LogP contribution in [0.3, 0.4) is 0 Å². The van der Waals surface area contributed by atoms with E-state index in [-0.39, 0.29) is 6.04 Å². The summed E-state index contributed by atoms with van der Waals surface area (Å²) < 4.78 is 1.93. The number of aromatic nitrogens is 3. The molecule has 1 aromatic heterocycles. The van der Waals surface area contributed by atoms with Crippen LogP contribution in [0.25, 0.3) is 0 Å². The summed E-state index contributed by atoms with van der Waals surface area (Å²) in [5.41, 5.74) is 4.38. The Morgan fingerprint density at radius 1 is 1.50 bits per heavy atom. The number of thioether (sulfide) groups is 1. The monoisotopic (exact) mass is 289 g/mol. The van der Waals surface area contributed by atoms with E-state index in [9.17, 15) is 0 Å². The van der Waals surface area contributed by atoms with Crippen LogP contribution in [0, 0.1) is 0 Å². The fourth-order valence-corrected chi connectivity index (χ4v) is 4.03. The van der Waals surface area contributed by atoms with Crippen LogP contribution in [0.15, 0.2) is 35.5 Å². The van der Waals surface area contributed by atoms with Gasteiger partial charge in [-0.05, 0) is 25.0 Å². The normalized spacial score (nSPS) is 19.0. The summed E-state index contributed by atoms with van der Waals surface area (Å²) in [6.45, 7) is 2.91. The standard InChI is InChI=1S/C14H19N5S/c1-2-19-14(16-9-17-19)8-11(18-15)13-7-10-5-3-4-6-12(10)20-13/h3-6,9,11,13,18H,2,7-8,15H2,1H3. The number of aryl methyl sites for hydroxylation is 1. The minimum Gasteiger partial charge on any atom is -0.271 e. The summed E-state index contributed by atoms with van der Waals surface area (Å²) in [5.74, 6) is 6.77. The predicted octanol–water partition coefficient (Wildman–Crippen LogP) is 1.39. The zero-order chi connectivity index (χ0) is 13.9. The Balaban J connectivity index is 1.73. The predicted molar refractivity (Wildman–Crippen MR) is 80.3 cm³/mol. The zero-order valence-corrected chi connectivity index (χ0v) is 12.3. The average molecular weight is 289 g/mol. The molecule has 2 heterocycles. The zero-order valence-electron chi connectivity index (χ0n) is 11.5. The maximum atomic E-state index is 5.77. The van der Waals surface area contributed by atoms with Crippen molar-refractivity contribution in [3.05, 3.63) is 42.0 Å². The highest BCUT2D eigenvalue weighted by Gasteiger charge is 2.29. The Bertz CT molecular complexity index is 557. The van der Waals surface area contributed by atoms with Crippen molar-refractivity contribution in [2.24, 2.45) is 5.84 Å². The second-order valence-corrected chi connectivity index (χ2v) is 6.22. The van der Waals surface area contributed by atoms with E-state index in [4.69, 9.17) is 5.84 Å². The Morgan fingerprint density at radius 3 is 3.10 bits per heavy atom. The first-order chi connectivity index (χ1) is 9.81. The molecule has 2 unspecified atom stereocenters. The van der Waals surface area contributed by atoms with Crippen LogP contribution in [0.4, 0.5) is 0 Å². The van der Waals surface area contributed by atoms with Crippen LogP contribution in [0.5, 0.6) is 0 Å². The van der Waals surface area contributed by atoms with Crippen LogP contribution in [-0.4, -0.2) is 26.1 Å². The molecule has 1 aliphatic heterocycles. The molecule has 0 bridgehead atoms. The van der Waals surface area contributed by atoms with Gasteiger partial charge >= 0.3 is 0 Å². The number of nitrogens with zero attached hydrogens (tertiary/aromatic N) is 3. The SMILES string of the molecule is CCn1ncnc1CC(NN)C1Cc2ccccc2S1. The molecule has 0 aliphatic carbocycles. The smallest absolute Gasteiger partial charge is 0.138 e. The number of benzene rings is 1. The molecule has 2 aromatic rings. The van der Waals surface area contributed by atoms with Gasteiger partial charge in [0.25, 0.3) is 0 Å². The van der Waals surface area contributed by atoms with Gasteiger partial charge in [-0.25, -0.2) is 4.98 Å². The molecule has 0 radical (unpaired) electrons. The second-order valence-electron chi connectivity index (χ2n) is 4.94. The highest BCUT2D eigenvalue weighted by Crippen LogP contribution is 2.38. The van der Waals surface area contributed by atoms with Gasteiger partial charge in [-0.2, -0.15) is 5.10 Å². The van der Waals surface area contributed by atoms with E-state index in [1.54, 1.807) is 6.33 Å². The number of fused-ring (bicyclic) bond motifs is 1. The fraction of sp³-hybridized carbons (Fsp3) is 0.429. The number of hydrazine groups is 1. The maximum absolute atomic E-state index is 5.77. The highest BCUT2D eigenvalue weighted by molar-refractivity contribution is 8.00. The summed E-state index contributed by atoms with van der Waals surface area (Å²) in [6.07, 6.45) is 3.47. The molecule has 3 rings (SSSR count). The number of rotatable bonds is 5. The lowest BCUT2D eigenvalue weighted by molar-refractivity contribution is 0.478. The molecule has 0 saturated carbocycles. The molecule has 1 aliphatic rings. The minimum atomic E-state index is 0.196. The number of hydrogen-bond acceptors (Lipinski definition) is 5. The quantitative estimate of drug-likeness (QED) is 0.643. The van der Waals surface area contributed by atoms with Crippen LogP contribution < -0.4 is 11.3 Å². The van der Waals surface area contributed by atoms with Crippen molar-refractivity contribution in [3.8, 4) is 0 Å². The molecule has 2 atom stereocenters. The molecule has 106 valence electrons. The third-order valence-electron chi connectivity index (χ3n) is 3.73. The highest BCUT2D eigenvalue weighted by atomic mass is 32.2. The maximum Gasteiger partial charge on any atom is 0.138 e. The van der Waals surface area contributed by atoms with Crippen molar-refractivity contribution >= 4 is 11.8 Å². The van der Waals surface area contributed by atoms with Crippen LogP contribution >= 0.6 is 11.8 Å². The Labute approximate surface area is 122 Å². The lowest BCUT2D eigenvalue weighted by Crippen LogP contribution is -2.44. The first-order valence-electron chi connectivity index (χ1n) is 6.89. The van der Waals surface area contributed by atoms with Crippen molar-refractivity contribution < 1.29 is 0 Å². The van der Waals surface area contributed by atoms with Gasteiger partial charge in [0, 0.05) is 29.2 Å². The van der Waals surface area contributed by atoms with Crippen molar-refractivity contribution in [3.63, 3.8) is 0 Å². The van der Waals surface area contributed by atoms with Gasteiger partial charge in [0.05, 0.1) is 0 Å². The van der Waals surface area contributed by atoms with Crippen molar-refractivity contribution in [1.82, 2.24) is 20.2 Å². The fourth-order valence-electron chi connectivity index (χ4n) is 2.64. The third kappa shape index (κ3) is 2.59. The lowest BCUT2D eigenvalue weighted by atomic mass is 10.0. The lowest BCUT2D eigenvalue weighted by Gasteiger charge is -2.21. The Morgan fingerprint density at radius 2 is 2.35 bits per heavy atom. The van der Waals surface area contributed by atoms with Gasteiger partial charge < -0.3 is 0 Å². The summed E-state index contributed by atoms with van der Waals surface area (Å²) in [7, 11) is 0. The van der Waals surface area contributed by atoms with Crippen molar-refractivity contribution in [2.75, 3.05) is 0 Å². The van der Waals surface area contributed by atoms with E-state index < -0.39 is 0 Å². The van der Waals surface area contributed by atoms with Crippen LogP contribution in [0.2, 0.25) is 0 Å².